The molecule has 228 valence electrons. The Bertz CT molecular complexity index is 1300. The molecule has 0 radical (unpaired) electrons. The van der Waals surface area contributed by atoms with Crippen molar-refractivity contribution in [2.24, 2.45) is 11.8 Å². The first-order chi connectivity index (χ1) is 20.0. The number of esters is 1. The summed E-state index contributed by atoms with van der Waals surface area (Å²) in [5, 5.41) is 0.950. The number of methoxy groups -OCH3 is 1. The highest BCUT2D eigenvalue weighted by Crippen LogP contribution is 2.55. The van der Waals surface area contributed by atoms with E-state index >= 15 is 0 Å². The molecule has 2 aromatic rings. The number of likely N-dealkylation sites (tertiary alicyclic amines) is 1. The second kappa shape index (κ2) is 12.9. The second-order valence-corrected chi connectivity index (χ2v) is 13.9. The van der Waals surface area contributed by atoms with Gasteiger partial charge in [0.05, 0.1) is 22.1 Å². The van der Waals surface area contributed by atoms with Crippen LogP contribution in [0.15, 0.2) is 42.5 Å². The van der Waals surface area contributed by atoms with E-state index in [4.69, 9.17) is 32.7 Å². The number of piperidine rings is 1. The van der Waals surface area contributed by atoms with E-state index < -0.39 is 5.60 Å². The first-order valence-electron chi connectivity index (χ1n) is 15.3. The molecule has 2 aliphatic carbocycles. The second-order valence-electron chi connectivity index (χ2n) is 13.1. The number of amides is 1. The molecule has 5 rings (SSSR count). The average Bonchev–Trinajstić information content (AvgIpc) is 3.77. The molecule has 3 fully saturated rings. The van der Waals surface area contributed by atoms with Crippen LogP contribution in [0.2, 0.25) is 10.0 Å². The van der Waals surface area contributed by atoms with Crippen molar-refractivity contribution in [2.75, 3.05) is 33.3 Å². The molecule has 0 aromatic heterocycles. The Morgan fingerprint density at radius 3 is 2.52 bits per heavy atom. The smallest absolute Gasteiger partial charge is 0.308 e. The Morgan fingerprint density at radius 2 is 1.86 bits per heavy atom. The summed E-state index contributed by atoms with van der Waals surface area (Å²) in [5.41, 5.74) is 1.25. The van der Waals surface area contributed by atoms with Crippen LogP contribution in [-0.4, -0.2) is 66.6 Å². The summed E-state index contributed by atoms with van der Waals surface area (Å²) in [5.74, 6) is 1.44. The summed E-state index contributed by atoms with van der Waals surface area (Å²) in [6.45, 7) is 9.41. The molecule has 0 spiro atoms. The number of carbonyl (C=O) groups is 2. The molecule has 6 nitrogen and oxygen atoms in total. The maximum absolute atomic E-state index is 14.0. The van der Waals surface area contributed by atoms with Crippen molar-refractivity contribution in [3.05, 3.63) is 63.6 Å². The predicted octanol–water partition coefficient (Wildman–Crippen LogP) is 6.94. The van der Waals surface area contributed by atoms with Gasteiger partial charge in [-0.25, -0.2) is 0 Å². The van der Waals surface area contributed by atoms with Gasteiger partial charge in [0.2, 0.25) is 5.91 Å². The maximum atomic E-state index is 14.0. The zero-order valence-corrected chi connectivity index (χ0v) is 26.8. The van der Waals surface area contributed by atoms with Gasteiger partial charge < -0.3 is 19.3 Å². The van der Waals surface area contributed by atoms with E-state index in [9.17, 15) is 9.59 Å². The lowest BCUT2D eigenvalue weighted by Gasteiger charge is -2.61. The number of carbonyl (C=O) groups excluding carboxylic acids is 2. The number of hydrogen-bond donors (Lipinski definition) is 0. The lowest BCUT2D eigenvalue weighted by atomic mass is 9.55. The maximum Gasteiger partial charge on any atom is 0.308 e. The molecule has 1 aliphatic heterocycles. The summed E-state index contributed by atoms with van der Waals surface area (Å²) in [6, 6.07) is 13.5. The van der Waals surface area contributed by atoms with Crippen molar-refractivity contribution in [1.82, 2.24) is 9.80 Å². The van der Waals surface area contributed by atoms with Gasteiger partial charge in [-0.05, 0) is 92.3 Å². The Kier molecular flexibility index (Phi) is 9.58. The molecule has 2 aromatic carbocycles. The fourth-order valence-electron chi connectivity index (χ4n) is 7.45. The third-order valence-electron chi connectivity index (χ3n) is 9.59. The molecular weight excluding hydrogens is 571 g/mol. The van der Waals surface area contributed by atoms with Crippen LogP contribution in [0.25, 0.3) is 0 Å². The van der Waals surface area contributed by atoms with E-state index in [1.807, 2.05) is 31.4 Å². The lowest BCUT2D eigenvalue weighted by molar-refractivity contribution is -0.162. The Morgan fingerprint density at radius 1 is 1.07 bits per heavy atom. The topological polar surface area (TPSA) is 59.1 Å². The standard InChI is InChI=1S/C34H44Cl2N2O4/c1-23(2)20-38(32(40)17-26-10-11-30(35)31(36)16-26)28-12-13-34(41-4)22-37(21-25-8-9-25)15-14-33(34,19-28)27-6-5-7-29(18-27)42-24(3)39/h5-7,10-11,16,18,23,25,28H,8-9,12-15,17,19-22H2,1-4H3. The van der Waals surface area contributed by atoms with Gasteiger partial charge in [0.25, 0.3) is 0 Å². The van der Waals surface area contributed by atoms with Gasteiger partial charge in [0, 0.05) is 45.1 Å². The number of fused-ring (bicyclic) bond motifs is 1. The van der Waals surface area contributed by atoms with Crippen molar-refractivity contribution in [3.63, 3.8) is 0 Å². The molecule has 3 atom stereocenters. The van der Waals surface area contributed by atoms with Gasteiger partial charge in [0.15, 0.2) is 0 Å². The van der Waals surface area contributed by atoms with E-state index in [0.29, 0.717) is 28.3 Å². The molecule has 1 amide bonds. The number of benzene rings is 2. The number of rotatable bonds is 10. The molecule has 0 N–H and O–H groups in total. The zero-order chi connectivity index (χ0) is 30.1. The molecule has 3 aliphatic rings. The lowest BCUT2D eigenvalue weighted by Crippen LogP contribution is -2.68. The summed E-state index contributed by atoms with van der Waals surface area (Å²) < 4.78 is 12.1. The fourth-order valence-corrected chi connectivity index (χ4v) is 7.77. The Hall–Kier alpha value is -2.12. The molecule has 42 heavy (non-hydrogen) atoms. The van der Waals surface area contributed by atoms with Crippen molar-refractivity contribution in [1.29, 1.82) is 0 Å². The fraction of sp³-hybridized carbons (Fsp3) is 0.588. The van der Waals surface area contributed by atoms with Crippen molar-refractivity contribution < 1.29 is 19.1 Å². The van der Waals surface area contributed by atoms with E-state index in [1.54, 1.807) is 12.1 Å². The molecule has 0 bridgehead atoms. The van der Waals surface area contributed by atoms with Gasteiger partial charge in [-0.15, -0.1) is 0 Å². The zero-order valence-electron chi connectivity index (χ0n) is 25.3. The minimum atomic E-state index is -0.401. The van der Waals surface area contributed by atoms with Crippen LogP contribution in [0.3, 0.4) is 0 Å². The van der Waals surface area contributed by atoms with Crippen LogP contribution < -0.4 is 4.74 Å². The molecule has 8 heteroatoms. The van der Waals surface area contributed by atoms with Gasteiger partial charge >= 0.3 is 5.97 Å². The normalized spacial score (nSPS) is 26.1. The molecular formula is C34H44Cl2N2O4. The highest BCUT2D eigenvalue weighted by molar-refractivity contribution is 6.42. The van der Waals surface area contributed by atoms with E-state index in [1.165, 1.54) is 19.8 Å². The number of nitrogens with zero attached hydrogens (tertiary/aromatic N) is 2. The highest BCUT2D eigenvalue weighted by Gasteiger charge is 2.60. The van der Waals surface area contributed by atoms with Gasteiger partial charge in [-0.1, -0.05) is 55.2 Å². The third-order valence-corrected chi connectivity index (χ3v) is 10.3. The third kappa shape index (κ3) is 6.67. The number of halogens is 2. The number of hydrogen-bond acceptors (Lipinski definition) is 5. The minimum absolute atomic E-state index is 0.0540. The van der Waals surface area contributed by atoms with Crippen LogP contribution in [0.1, 0.15) is 70.4 Å². The highest BCUT2D eigenvalue weighted by atomic mass is 35.5. The summed E-state index contributed by atoms with van der Waals surface area (Å²) in [4.78, 5) is 30.6. The Labute approximate surface area is 260 Å². The Balaban J connectivity index is 1.49. The average molecular weight is 616 g/mol. The first-order valence-corrected chi connectivity index (χ1v) is 16.1. The summed E-state index contributed by atoms with van der Waals surface area (Å²) in [6.07, 6.45) is 6.35. The molecule has 1 saturated heterocycles. The van der Waals surface area contributed by atoms with Gasteiger partial charge in [-0.2, -0.15) is 0 Å². The predicted molar refractivity (Wildman–Crippen MR) is 167 cm³/mol. The van der Waals surface area contributed by atoms with Crippen molar-refractivity contribution >= 4 is 35.1 Å². The first kappa shape index (κ1) is 31.3. The summed E-state index contributed by atoms with van der Waals surface area (Å²) in [7, 11) is 1.85. The molecule has 3 unspecified atom stereocenters. The largest absolute Gasteiger partial charge is 0.427 e. The monoisotopic (exact) mass is 614 g/mol. The van der Waals surface area contributed by atoms with Crippen LogP contribution in [0.5, 0.6) is 5.75 Å². The van der Waals surface area contributed by atoms with E-state index in [-0.39, 0.29) is 29.8 Å². The SMILES string of the molecule is COC12CCC(N(CC(C)C)C(=O)Cc3ccc(Cl)c(Cl)c3)CC1(c1cccc(OC(C)=O)c1)CCN(CC1CC1)C2. The van der Waals surface area contributed by atoms with Crippen molar-refractivity contribution in [3.8, 4) is 5.75 Å². The molecule has 2 saturated carbocycles. The van der Waals surface area contributed by atoms with Gasteiger partial charge in [-0.3, -0.25) is 9.59 Å². The van der Waals surface area contributed by atoms with E-state index in [0.717, 1.165) is 62.4 Å². The van der Waals surface area contributed by atoms with Crippen LogP contribution in [0.4, 0.5) is 0 Å². The van der Waals surface area contributed by atoms with Gasteiger partial charge in [0.1, 0.15) is 5.75 Å². The van der Waals surface area contributed by atoms with Crippen LogP contribution >= 0.6 is 23.2 Å². The van der Waals surface area contributed by atoms with Crippen LogP contribution in [-0.2, 0) is 26.2 Å². The number of ether oxygens (including phenoxy) is 2. The van der Waals surface area contributed by atoms with Crippen LogP contribution in [0, 0.1) is 11.8 Å². The minimum Gasteiger partial charge on any atom is -0.427 e. The van der Waals surface area contributed by atoms with Crippen molar-refractivity contribution in [2.45, 2.75) is 82.8 Å². The van der Waals surface area contributed by atoms with E-state index in [2.05, 4.69) is 29.7 Å². The molecule has 1 heterocycles. The quantitative estimate of drug-likeness (QED) is 0.214. The summed E-state index contributed by atoms with van der Waals surface area (Å²) >= 11 is 12.4.